The molecule has 0 saturated heterocycles. The van der Waals surface area contributed by atoms with E-state index in [4.69, 9.17) is 9.47 Å². The smallest absolute Gasteiger partial charge is 0.329 e. The second-order valence-corrected chi connectivity index (χ2v) is 7.14. The molecule has 0 radical (unpaired) electrons. The highest BCUT2D eigenvalue weighted by Crippen LogP contribution is 2.42. The number of ether oxygens (including phenoxy) is 2. The van der Waals surface area contributed by atoms with Crippen molar-refractivity contribution in [2.75, 3.05) is 13.2 Å². The first kappa shape index (κ1) is 16.8. The maximum Gasteiger partial charge on any atom is 0.329 e. The van der Waals surface area contributed by atoms with Gasteiger partial charge in [-0.25, -0.2) is 4.79 Å². The van der Waals surface area contributed by atoms with Crippen molar-refractivity contribution in [2.45, 2.75) is 77.5 Å². The minimum absolute atomic E-state index is 0.115. The van der Waals surface area contributed by atoms with E-state index >= 15 is 0 Å². The van der Waals surface area contributed by atoms with Crippen LogP contribution in [0.15, 0.2) is 0 Å². The molecule has 122 valence electrons. The number of carbonyl (C=O) groups is 1. The molecule has 4 nitrogen and oxygen atoms in total. The van der Waals surface area contributed by atoms with Crippen LogP contribution in [0.2, 0.25) is 0 Å². The number of esters is 1. The van der Waals surface area contributed by atoms with E-state index in [2.05, 4.69) is 26.1 Å². The summed E-state index contributed by atoms with van der Waals surface area (Å²) in [6.45, 7) is 9.24. The predicted octanol–water partition coefficient (Wildman–Crippen LogP) is 2.90. The van der Waals surface area contributed by atoms with Crippen molar-refractivity contribution < 1.29 is 14.3 Å². The van der Waals surface area contributed by atoms with Gasteiger partial charge in [-0.3, -0.25) is 5.32 Å². The zero-order chi connectivity index (χ0) is 15.5. The third-order valence-corrected chi connectivity index (χ3v) is 4.35. The maximum absolute atomic E-state index is 12.6. The van der Waals surface area contributed by atoms with Crippen LogP contribution in [0.25, 0.3) is 0 Å². The van der Waals surface area contributed by atoms with Crippen LogP contribution in [-0.4, -0.2) is 36.9 Å². The molecule has 21 heavy (non-hydrogen) atoms. The van der Waals surface area contributed by atoms with Gasteiger partial charge in [0.2, 0.25) is 0 Å². The minimum Gasteiger partial charge on any atom is -0.465 e. The fourth-order valence-electron chi connectivity index (χ4n) is 3.00. The third-order valence-electron chi connectivity index (χ3n) is 4.35. The summed E-state index contributed by atoms with van der Waals surface area (Å²) in [6, 6.07) is 0.471. The van der Waals surface area contributed by atoms with Gasteiger partial charge in [-0.1, -0.05) is 13.8 Å². The fraction of sp³-hybridized carbons (Fsp3) is 0.941. The molecule has 2 aliphatic rings. The standard InChI is InChI=1S/C17H31NO3/c1-5-20-16(19)17(14-6-7-14,18-15-8-9-15)11-21-13(4)10-12(2)3/h12-15,18H,5-11H2,1-4H3. The topological polar surface area (TPSA) is 47.6 Å². The van der Waals surface area contributed by atoms with E-state index in [1.165, 1.54) is 0 Å². The fourth-order valence-corrected chi connectivity index (χ4v) is 3.00. The molecule has 2 unspecified atom stereocenters. The average Bonchev–Trinajstić information content (AvgIpc) is 3.25. The van der Waals surface area contributed by atoms with Crippen LogP contribution < -0.4 is 5.32 Å². The predicted molar refractivity (Wildman–Crippen MR) is 83.1 cm³/mol. The molecule has 0 aromatic rings. The molecule has 0 aliphatic heterocycles. The molecule has 0 spiro atoms. The van der Waals surface area contributed by atoms with E-state index in [9.17, 15) is 4.79 Å². The highest BCUT2D eigenvalue weighted by atomic mass is 16.5. The van der Waals surface area contributed by atoms with Crippen molar-refractivity contribution in [3.05, 3.63) is 0 Å². The Hall–Kier alpha value is -0.610. The summed E-state index contributed by atoms with van der Waals surface area (Å²) < 4.78 is 11.4. The lowest BCUT2D eigenvalue weighted by Gasteiger charge is -2.34. The summed E-state index contributed by atoms with van der Waals surface area (Å²) in [5.41, 5.74) is -0.609. The Morgan fingerprint density at radius 2 is 1.90 bits per heavy atom. The number of carbonyl (C=O) groups excluding carboxylic acids is 1. The molecule has 0 heterocycles. The minimum atomic E-state index is -0.609. The van der Waals surface area contributed by atoms with Crippen LogP contribution in [0.1, 0.15) is 59.8 Å². The molecule has 0 amide bonds. The Kier molecular flexibility index (Phi) is 5.67. The molecule has 0 aromatic carbocycles. The largest absolute Gasteiger partial charge is 0.465 e. The van der Waals surface area contributed by atoms with Crippen molar-refractivity contribution in [3.63, 3.8) is 0 Å². The lowest BCUT2D eigenvalue weighted by molar-refractivity contribution is -0.157. The molecule has 4 heteroatoms. The summed E-state index contributed by atoms with van der Waals surface area (Å²) in [5.74, 6) is 0.869. The third kappa shape index (κ3) is 4.68. The summed E-state index contributed by atoms with van der Waals surface area (Å²) in [5, 5.41) is 3.56. The first-order valence-corrected chi connectivity index (χ1v) is 8.54. The van der Waals surface area contributed by atoms with E-state index in [0.29, 0.717) is 31.1 Å². The number of hydrogen-bond donors (Lipinski definition) is 1. The quantitative estimate of drug-likeness (QED) is 0.630. The van der Waals surface area contributed by atoms with Crippen LogP contribution >= 0.6 is 0 Å². The normalized spacial score (nSPS) is 22.9. The monoisotopic (exact) mass is 297 g/mol. The van der Waals surface area contributed by atoms with Gasteiger partial charge < -0.3 is 9.47 Å². The van der Waals surface area contributed by atoms with Gasteiger partial charge in [0.05, 0.1) is 19.3 Å². The highest BCUT2D eigenvalue weighted by Gasteiger charge is 2.54. The maximum atomic E-state index is 12.6. The van der Waals surface area contributed by atoms with Crippen LogP contribution in [-0.2, 0) is 14.3 Å². The molecule has 0 aromatic heterocycles. The van der Waals surface area contributed by atoms with Crippen molar-refractivity contribution >= 4 is 5.97 Å². The zero-order valence-corrected chi connectivity index (χ0v) is 14.0. The van der Waals surface area contributed by atoms with E-state index < -0.39 is 5.54 Å². The molecular weight excluding hydrogens is 266 g/mol. The molecule has 1 N–H and O–H groups in total. The van der Waals surface area contributed by atoms with Crippen LogP contribution in [0.4, 0.5) is 0 Å². The molecule has 0 bridgehead atoms. The molecular formula is C17H31NO3. The first-order chi connectivity index (χ1) is 9.98. The second kappa shape index (κ2) is 7.10. The van der Waals surface area contributed by atoms with Crippen molar-refractivity contribution in [1.82, 2.24) is 5.32 Å². The van der Waals surface area contributed by atoms with Crippen LogP contribution in [0.3, 0.4) is 0 Å². The van der Waals surface area contributed by atoms with Gasteiger partial charge in [-0.2, -0.15) is 0 Å². The van der Waals surface area contributed by atoms with E-state index in [1.807, 2.05) is 6.92 Å². The zero-order valence-electron chi connectivity index (χ0n) is 14.0. The van der Waals surface area contributed by atoms with Crippen molar-refractivity contribution in [1.29, 1.82) is 0 Å². The lowest BCUT2D eigenvalue weighted by atomic mass is 9.93. The van der Waals surface area contributed by atoms with Crippen LogP contribution in [0.5, 0.6) is 0 Å². The van der Waals surface area contributed by atoms with E-state index in [0.717, 1.165) is 32.1 Å². The number of nitrogens with one attached hydrogen (secondary N) is 1. The van der Waals surface area contributed by atoms with Gasteiger partial charge in [0.15, 0.2) is 0 Å². The van der Waals surface area contributed by atoms with Gasteiger partial charge in [-0.15, -0.1) is 0 Å². The molecule has 2 fully saturated rings. The molecule has 2 rings (SSSR count). The summed E-state index contributed by atoms with van der Waals surface area (Å²) in [7, 11) is 0. The Morgan fingerprint density at radius 3 is 2.38 bits per heavy atom. The van der Waals surface area contributed by atoms with Crippen molar-refractivity contribution in [3.8, 4) is 0 Å². The van der Waals surface area contributed by atoms with E-state index in [1.54, 1.807) is 0 Å². The Labute approximate surface area is 129 Å². The Morgan fingerprint density at radius 1 is 1.24 bits per heavy atom. The van der Waals surface area contributed by atoms with Gasteiger partial charge in [-0.05, 0) is 57.8 Å². The molecule has 2 saturated carbocycles. The van der Waals surface area contributed by atoms with Gasteiger partial charge >= 0.3 is 5.97 Å². The number of rotatable bonds is 10. The summed E-state index contributed by atoms with van der Waals surface area (Å²) >= 11 is 0. The second-order valence-electron chi connectivity index (χ2n) is 7.14. The van der Waals surface area contributed by atoms with Gasteiger partial charge in [0, 0.05) is 6.04 Å². The van der Waals surface area contributed by atoms with Gasteiger partial charge in [0.25, 0.3) is 0 Å². The lowest BCUT2D eigenvalue weighted by Crippen LogP contribution is -2.59. The SMILES string of the molecule is CCOC(=O)C(COC(C)CC(C)C)(NC1CC1)C1CC1. The highest BCUT2D eigenvalue weighted by molar-refractivity contribution is 5.82. The summed E-state index contributed by atoms with van der Waals surface area (Å²) in [4.78, 5) is 12.6. The van der Waals surface area contributed by atoms with Crippen LogP contribution in [0, 0.1) is 11.8 Å². The first-order valence-electron chi connectivity index (χ1n) is 8.54. The number of hydrogen-bond acceptors (Lipinski definition) is 4. The Bertz CT molecular complexity index is 350. The van der Waals surface area contributed by atoms with Crippen molar-refractivity contribution in [2.24, 2.45) is 11.8 Å². The molecule has 2 atom stereocenters. The molecule has 2 aliphatic carbocycles. The van der Waals surface area contributed by atoms with E-state index in [-0.39, 0.29) is 12.1 Å². The Balaban J connectivity index is 2.00. The average molecular weight is 297 g/mol. The summed E-state index contributed by atoms with van der Waals surface area (Å²) in [6.07, 6.45) is 5.72. The van der Waals surface area contributed by atoms with Gasteiger partial charge in [0.1, 0.15) is 5.54 Å².